The van der Waals surface area contributed by atoms with Gasteiger partial charge in [-0.25, -0.2) is 4.98 Å². The maximum absolute atomic E-state index is 12.7. The molecule has 2 heterocycles. The molecule has 0 radical (unpaired) electrons. The zero-order valence-electron chi connectivity index (χ0n) is 13.9. The zero-order chi connectivity index (χ0) is 17.3. The van der Waals surface area contributed by atoms with Gasteiger partial charge >= 0.3 is 0 Å². The number of aromatic nitrogens is 2. The quantitative estimate of drug-likeness (QED) is 0.783. The molecule has 2 aromatic rings. The second-order valence-electron chi connectivity index (χ2n) is 6.45. The van der Waals surface area contributed by atoms with E-state index in [2.05, 4.69) is 23.4 Å². The summed E-state index contributed by atoms with van der Waals surface area (Å²) in [5.74, 6) is 1.47. The van der Waals surface area contributed by atoms with E-state index in [1.807, 2.05) is 17.3 Å². The molecule has 0 bridgehead atoms. The summed E-state index contributed by atoms with van der Waals surface area (Å²) in [4.78, 5) is 19.1. The van der Waals surface area contributed by atoms with Crippen molar-refractivity contribution in [2.24, 2.45) is 0 Å². The summed E-state index contributed by atoms with van der Waals surface area (Å²) in [6, 6.07) is 5.58. The summed E-state index contributed by atoms with van der Waals surface area (Å²) in [6.45, 7) is 5.73. The van der Waals surface area contributed by atoms with E-state index in [1.54, 1.807) is 18.2 Å². The van der Waals surface area contributed by atoms with Gasteiger partial charge in [-0.2, -0.15) is 0 Å². The lowest BCUT2D eigenvalue weighted by Crippen LogP contribution is -2.38. The van der Waals surface area contributed by atoms with Crippen molar-refractivity contribution < 1.29 is 4.79 Å². The third kappa shape index (κ3) is 3.31. The number of likely N-dealkylation sites (tertiary alicyclic amines) is 1. The minimum atomic E-state index is -0.0480. The molecule has 6 heteroatoms. The first-order valence-electron chi connectivity index (χ1n) is 8.25. The Bertz CT molecular complexity index is 734. The molecule has 0 saturated carbocycles. The Balaban J connectivity index is 1.70. The van der Waals surface area contributed by atoms with Crippen molar-refractivity contribution in [2.45, 2.75) is 38.6 Å². The average molecular weight is 366 g/mol. The Kier molecular flexibility index (Phi) is 5.16. The Morgan fingerprint density at radius 3 is 2.62 bits per heavy atom. The predicted molar refractivity (Wildman–Crippen MR) is 97.0 cm³/mol. The van der Waals surface area contributed by atoms with Crippen LogP contribution < -0.4 is 0 Å². The van der Waals surface area contributed by atoms with Gasteiger partial charge in [0.2, 0.25) is 0 Å². The molecular formula is C18H21Cl2N3O. The largest absolute Gasteiger partial charge is 0.339 e. The van der Waals surface area contributed by atoms with Gasteiger partial charge in [0.15, 0.2) is 0 Å². The first kappa shape index (κ1) is 17.3. The number of imidazole rings is 1. The number of halogens is 2. The van der Waals surface area contributed by atoms with Crippen LogP contribution in [0.15, 0.2) is 30.6 Å². The Morgan fingerprint density at radius 2 is 1.96 bits per heavy atom. The summed E-state index contributed by atoms with van der Waals surface area (Å²) in [7, 11) is 0. The van der Waals surface area contributed by atoms with Gasteiger partial charge in [0.25, 0.3) is 5.91 Å². The molecule has 24 heavy (non-hydrogen) atoms. The number of amides is 1. The average Bonchev–Trinajstić information content (AvgIpc) is 3.07. The van der Waals surface area contributed by atoms with Gasteiger partial charge in [-0.1, -0.05) is 29.3 Å². The molecule has 1 aromatic heterocycles. The first-order chi connectivity index (χ1) is 11.5. The SMILES string of the molecule is CC(C)n1ccnc1C1CCN(C(=O)c2cccc(Cl)c2Cl)CC1. The summed E-state index contributed by atoms with van der Waals surface area (Å²) in [5, 5.41) is 0.748. The molecule has 1 aliphatic heterocycles. The van der Waals surface area contributed by atoms with Crippen molar-refractivity contribution in [3.05, 3.63) is 52.0 Å². The number of nitrogens with zero attached hydrogens (tertiary/aromatic N) is 3. The molecule has 0 spiro atoms. The molecule has 0 N–H and O–H groups in total. The summed E-state index contributed by atoms with van der Waals surface area (Å²) in [5.41, 5.74) is 0.478. The summed E-state index contributed by atoms with van der Waals surface area (Å²) in [6.07, 6.45) is 5.71. The van der Waals surface area contributed by atoms with Crippen LogP contribution in [-0.2, 0) is 0 Å². The predicted octanol–water partition coefficient (Wildman–Crippen LogP) is 4.79. The van der Waals surface area contributed by atoms with E-state index in [0.29, 0.717) is 40.7 Å². The molecule has 3 rings (SSSR count). The van der Waals surface area contributed by atoms with Crippen LogP contribution in [0.3, 0.4) is 0 Å². The molecule has 0 unspecified atom stereocenters. The molecule has 1 aliphatic rings. The van der Waals surface area contributed by atoms with Crippen LogP contribution >= 0.6 is 23.2 Å². The highest BCUT2D eigenvalue weighted by atomic mass is 35.5. The highest BCUT2D eigenvalue weighted by Crippen LogP contribution is 2.31. The monoisotopic (exact) mass is 365 g/mol. The molecule has 4 nitrogen and oxygen atoms in total. The normalized spacial score (nSPS) is 16.0. The van der Waals surface area contributed by atoms with E-state index in [0.717, 1.165) is 18.7 Å². The fourth-order valence-electron chi connectivity index (χ4n) is 3.26. The van der Waals surface area contributed by atoms with E-state index in [1.165, 1.54) is 0 Å². The Hall–Kier alpha value is -1.52. The summed E-state index contributed by atoms with van der Waals surface area (Å²) >= 11 is 12.2. The number of hydrogen-bond acceptors (Lipinski definition) is 2. The van der Waals surface area contributed by atoms with Crippen LogP contribution in [0.25, 0.3) is 0 Å². The highest BCUT2D eigenvalue weighted by molar-refractivity contribution is 6.43. The minimum absolute atomic E-state index is 0.0480. The second-order valence-corrected chi connectivity index (χ2v) is 7.24. The van der Waals surface area contributed by atoms with Gasteiger partial charge in [-0.15, -0.1) is 0 Å². The standard InChI is InChI=1S/C18H21Cl2N3O/c1-12(2)23-11-8-21-17(23)13-6-9-22(10-7-13)18(24)14-4-3-5-15(19)16(14)20/h3-5,8,11-13H,6-7,9-10H2,1-2H3. The summed E-state index contributed by atoms with van der Waals surface area (Å²) < 4.78 is 2.22. The Labute approximate surface area is 152 Å². The maximum atomic E-state index is 12.7. The van der Waals surface area contributed by atoms with Crippen molar-refractivity contribution in [3.63, 3.8) is 0 Å². The third-order valence-electron chi connectivity index (χ3n) is 4.58. The number of benzene rings is 1. The van der Waals surface area contributed by atoms with E-state index in [9.17, 15) is 4.79 Å². The third-order valence-corrected chi connectivity index (χ3v) is 5.40. The molecule has 1 amide bonds. The van der Waals surface area contributed by atoms with Crippen molar-refractivity contribution in [1.82, 2.24) is 14.5 Å². The molecule has 1 saturated heterocycles. The van der Waals surface area contributed by atoms with E-state index >= 15 is 0 Å². The van der Waals surface area contributed by atoms with Crippen molar-refractivity contribution in [3.8, 4) is 0 Å². The fraction of sp³-hybridized carbons (Fsp3) is 0.444. The van der Waals surface area contributed by atoms with E-state index in [4.69, 9.17) is 23.2 Å². The molecular weight excluding hydrogens is 345 g/mol. The van der Waals surface area contributed by atoms with Gasteiger partial charge in [0.05, 0.1) is 15.6 Å². The van der Waals surface area contributed by atoms with Gasteiger partial charge in [-0.05, 0) is 38.8 Å². The number of carbonyl (C=O) groups excluding carboxylic acids is 1. The molecule has 0 atom stereocenters. The number of rotatable bonds is 3. The molecule has 0 aliphatic carbocycles. The van der Waals surface area contributed by atoms with E-state index < -0.39 is 0 Å². The first-order valence-corrected chi connectivity index (χ1v) is 9.00. The van der Waals surface area contributed by atoms with Crippen molar-refractivity contribution in [2.75, 3.05) is 13.1 Å². The van der Waals surface area contributed by atoms with Crippen LogP contribution in [0, 0.1) is 0 Å². The van der Waals surface area contributed by atoms with Gasteiger partial charge in [-0.3, -0.25) is 4.79 Å². The lowest BCUT2D eigenvalue weighted by Gasteiger charge is -2.32. The number of carbonyl (C=O) groups is 1. The molecule has 1 fully saturated rings. The number of hydrogen-bond donors (Lipinski definition) is 0. The highest BCUT2D eigenvalue weighted by Gasteiger charge is 2.28. The molecule has 128 valence electrons. The lowest BCUT2D eigenvalue weighted by molar-refractivity contribution is 0.0710. The van der Waals surface area contributed by atoms with Gasteiger partial charge in [0.1, 0.15) is 5.82 Å². The van der Waals surface area contributed by atoms with Crippen LogP contribution in [0.4, 0.5) is 0 Å². The number of piperidine rings is 1. The van der Waals surface area contributed by atoms with Crippen molar-refractivity contribution >= 4 is 29.1 Å². The van der Waals surface area contributed by atoms with Crippen LogP contribution in [-0.4, -0.2) is 33.4 Å². The maximum Gasteiger partial charge on any atom is 0.255 e. The molecule has 1 aromatic carbocycles. The minimum Gasteiger partial charge on any atom is -0.339 e. The Morgan fingerprint density at radius 1 is 1.25 bits per heavy atom. The lowest BCUT2D eigenvalue weighted by atomic mass is 9.95. The van der Waals surface area contributed by atoms with Crippen LogP contribution in [0.2, 0.25) is 10.0 Å². The smallest absolute Gasteiger partial charge is 0.255 e. The van der Waals surface area contributed by atoms with Gasteiger partial charge < -0.3 is 9.47 Å². The van der Waals surface area contributed by atoms with Crippen LogP contribution in [0.1, 0.15) is 54.8 Å². The van der Waals surface area contributed by atoms with Crippen molar-refractivity contribution in [1.29, 1.82) is 0 Å². The second kappa shape index (κ2) is 7.16. The van der Waals surface area contributed by atoms with Crippen LogP contribution in [0.5, 0.6) is 0 Å². The topological polar surface area (TPSA) is 38.1 Å². The zero-order valence-corrected chi connectivity index (χ0v) is 15.4. The fourth-order valence-corrected chi connectivity index (χ4v) is 3.64. The van der Waals surface area contributed by atoms with Gasteiger partial charge in [0, 0.05) is 37.4 Å². The van der Waals surface area contributed by atoms with E-state index in [-0.39, 0.29) is 5.91 Å².